The summed E-state index contributed by atoms with van der Waals surface area (Å²) in [6.07, 6.45) is 0. The van der Waals surface area contributed by atoms with Gasteiger partial charge in [0.1, 0.15) is 0 Å². The van der Waals surface area contributed by atoms with E-state index in [1.54, 1.807) is 42.5 Å². The van der Waals surface area contributed by atoms with Crippen molar-refractivity contribution in [1.82, 2.24) is 0 Å². The van der Waals surface area contributed by atoms with Crippen LogP contribution in [0.4, 0.5) is 5.69 Å². The molecule has 7 heteroatoms. The van der Waals surface area contributed by atoms with Gasteiger partial charge in [0, 0.05) is 21.2 Å². The summed E-state index contributed by atoms with van der Waals surface area (Å²) in [6.45, 7) is 0. The van der Waals surface area contributed by atoms with Crippen LogP contribution in [0.1, 0.15) is 26.3 Å². The van der Waals surface area contributed by atoms with Gasteiger partial charge >= 0.3 is 0 Å². The molecule has 0 bridgehead atoms. The predicted octanol–water partition coefficient (Wildman–Crippen LogP) is 6.78. The molecule has 0 aliphatic carbocycles. The first-order chi connectivity index (χ1) is 12.9. The van der Waals surface area contributed by atoms with Gasteiger partial charge in [-0.3, -0.25) is 9.59 Å². The normalized spacial score (nSPS) is 10.5. The van der Waals surface area contributed by atoms with Crippen molar-refractivity contribution in [3.63, 3.8) is 0 Å². The first-order valence-corrected chi connectivity index (χ1v) is 9.23. The molecule has 0 fully saturated rings. The molecule has 3 aromatic rings. The van der Waals surface area contributed by atoms with Crippen LogP contribution in [0.25, 0.3) is 0 Å². The van der Waals surface area contributed by atoms with Gasteiger partial charge in [0.05, 0.1) is 21.3 Å². The zero-order valence-corrected chi connectivity index (χ0v) is 16.6. The van der Waals surface area contributed by atoms with E-state index >= 15 is 0 Å². The Labute approximate surface area is 175 Å². The van der Waals surface area contributed by atoms with Crippen molar-refractivity contribution in [3.8, 4) is 0 Å². The summed E-state index contributed by atoms with van der Waals surface area (Å²) in [5.41, 5.74) is 1.04. The fraction of sp³-hybridized carbons (Fsp3) is 0. The van der Waals surface area contributed by atoms with Gasteiger partial charge in [-0.25, -0.2) is 0 Å². The first-order valence-electron chi connectivity index (χ1n) is 7.72. The third-order valence-corrected chi connectivity index (χ3v) is 4.88. The Morgan fingerprint density at radius 2 is 1.33 bits per heavy atom. The molecule has 0 atom stereocenters. The minimum atomic E-state index is -0.479. The van der Waals surface area contributed by atoms with Gasteiger partial charge in [-0.2, -0.15) is 0 Å². The number of nitrogens with one attached hydrogen (secondary N) is 1. The van der Waals surface area contributed by atoms with Crippen molar-refractivity contribution >= 4 is 63.8 Å². The minimum absolute atomic E-state index is 0.202. The standard InChI is InChI=1S/C20H11Cl4NO2/c21-11-6-8-18(25-20(27)14-7-5-12(22)10-17(14)24)15(9-11)19(26)13-3-1-2-4-16(13)23/h1-10H,(H,25,27). The number of amides is 1. The Morgan fingerprint density at radius 1 is 0.667 bits per heavy atom. The van der Waals surface area contributed by atoms with E-state index < -0.39 is 5.91 Å². The molecule has 0 unspecified atom stereocenters. The summed E-state index contributed by atoms with van der Waals surface area (Å²) in [7, 11) is 0. The topological polar surface area (TPSA) is 46.2 Å². The summed E-state index contributed by atoms with van der Waals surface area (Å²) < 4.78 is 0. The third kappa shape index (κ3) is 4.45. The molecule has 0 spiro atoms. The first kappa shape index (κ1) is 19.7. The number of hydrogen-bond donors (Lipinski definition) is 1. The van der Waals surface area contributed by atoms with Crippen LogP contribution in [-0.2, 0) is 0 Å². The third-order valence-electron chi connectivity index (χ3n) is 3.77. The second kappa shape index (κ2) is 8.32. The number of hydrogen-bond acceptors (Lipinski definition) is 2. The Kier molecular flexibility index (Phi) is 6.08. The zero-order chi connectivity index (χ0) is 19.6. The van der Waals surface area contributed by atoms with Crippen molar-refractivity contribution in [1.29, 1.82) is 0 Å². The molecule has 0 saturated carbocycles. The maximum Gasteiger partial charge on any atom is 0.257 e. The lowest BCUT2D eigenvalue weighted by molar-refractivity contribution is 0.102. The van der Waals surface area contributed by atoms with Crippen LogP contribution in [0.2, 0.25) is 20.1 Å². The van der Waals surface area contributed by atoms with Crippen LogP contribution in [0.3, 0.4) is 0 Å². The maximum absolute atomic E-state index is 12.9. The van der Waals surface area contributed by atoms with Crippen LogP contribution < -0.4 is 5.32 Å². The molecule has 3 aromatic carbocycles. The lowest BCUT2D eigenvalue weighted by Crippen LogP contribution is -2.16. The lowest BCUT2D eigenvalue weighted by Gasteiger charge is -2.12. The molecule has 1 N–H and O–H groups in total. The van der Waals surface area contributed by atoms with Gasteiger partial charge in [-0.05, 0) is 48.5 Å². The highest BCUT2D eigenvalue weighted by Gasteiger charge is 2.19. The number of ketones is 1. The molecule has 3 rings (SSSR count). The smallest absolute Gasteiger partial charge is 0.257 e. The largest absolute Gasteiger partial charge is 0.321 e. The second-order valence-electron chi connectivity index (χ2n) is 5.58. The zero-order valence-electron chi connectivity index (χ0n) is 13.6. The summed E-state index contributed by atoms with van der Waals surface area (Å²) >= 11 is 24.1. The molecular formula is C20H11Cl4NO2. The van der Waals surface area contributed by atoms with Gasteiger partial charge in [-0.1, -0.05) is 58.5 Å². The second-order valence-corrected chi connectivity index (χ2v) is 7.26. The van der Waals surface area contributed by atoms with E-state index in [0.29, 0.717) is 26.3 Å². The van der Waals surface area contributed by atoms with Crippen molar-refractivity contribution in [2.75, 3.05) is 5.32 Å². The van der Waals surface area contributed by atoms with E-state index in [-0.39, 0.29) is 21.9 Å². The van der Waals surface area contributed by atoms with Crippen LogP contribution >= 0.6 is 46.4 Å². The van der Waals surface area contributed by atoms with Crippen LogP contribution in [0.15, 0.2) is 60.7 Å². The van der Waals surface area contributed by atoms with Crippen molar-refractivity contribution in [2.24, 2.45) is 0 Å². The highest BCUT2D eigenvalue weighted by molar-refractivity contribution is 6.38. The molecule has 0 saturated heterocycles. The van der Waals surface area contributed by atoms with Crippen LogP contribution in [0.5, 0.6) is 0 Å². The minimum Gasteiger partial charge on any atom is -0.321 e. The van der Waals surface area contributed by atoms with E-state index in [1.807, 2.05) is 0 Å². The van der Waals surface area contributed by atoms with Gasteiger partial charge in [0.2, 0.25) is 0 Å². The van der Waals surface area contributed by atoms with Gasteiger partial charge in [-0.15, -0.1) is 0 Å². The van der Waals surface area contributed by atoms with E-state index in [4.69, 9.17) is 46.4 Å². The van der Waals surface area contributed by atoms with Crippen molar-refractivity contribution in [3.05, 3.63) is 97.4 Å². The number of benzene rings is 3. The average Bonchev–Trinajstić information content (AvgIpc) is 2.63. The average molecular weight is 439 g/mol. The monoisotopic (exact) mass is 437 g/mol. The Morgan fingerprint density at radius 3 is 2.04 bits per heavy atom. The molecule has 0 heterocycles. The molecule has 3 nitrogen and oxygen atoms in total. The predicted molar refractivity (Wildman–Crippen MR) is 111 cm³/mol. The Hall–Kier alpha value is -2.04. The highest BCUT2D eigenvalue weighted by Crippen LogP contribution is 2.28. The highest BCUT2D eigenvalue weighted by atomic mass is 35.5. The molecule has 0 aliphatic heterocycles. The quantitative estimate of drug-likeness (QED) is 0.456. The molecule has 136 valence electrons. The van der Waals surface area contributed by atoms with Crippen molar-refractivity contribution in [2.45, 2.75) is 0 Å². The number of carbonyl (C=O) groups excluding carboxylic acids is 2. The van der Waals surface area contributed by atoms with Crippen LogP contribution in [0, 0.1) is 0 Å². The van der Waals surface area contributed by atoms with E-state index in [2.05, 4.69) is 5.32 Å². The van der Waals surface area contributed by atoms with E-state index in [9.17, 15) is 9.59 Å². The molecule has 0 radical (unpaired) electrons. The summed E-state index contributed by atoms with van der Waals surface area (Å²) in [5.74, 6) is -0.840. The van der Waals surface area contributed by atoms with Crippen LogP contribution in [-0.4, -0.2) is 11.7 Å². The molecule has 0 aromatic heterocycles. The Balaban J connectivity index is 1.98. The maximum atomic E-state index is 12.9. The molecular weight excluding hydrogens is 428 g/mol. The fourth-order valence-corrected chi connectivity index (χ4v) is 3.36. The lowest BCUT2D eigenvalue weighted by atomic mass is 10.0. The van der Waals surface area contributed by atoms with Crippen molar-refractivity contribution < 1.29 is 9.59 Å². The summed E-state index contributed by atoms with van der Waals surface area (Å²) in [5, 5.41) is 3.97. The number of anilines is 1. The van der Waals surface area contributed by atoms with Gasteiger partial charge < -0.3 is 5.32 Å². The molecule has 27 heavy (non-hydrogen) atoms. The Bertz CT molecular complexity index is 1050. The van der Waals surface area contributed by atoms with E-state index in [0.717, 1.165) is 0 Å². The fourth-order valence-electron chi connectivity index (χ4n) is 2.47. The van der Waals surface area contributed by atoms with Gasteiger partial charge in [0.25, 0.3) is 5.91 Å². The number of halogens is 4. The van der Waals surface area contributed by atoms with E-state index in [1.165, 1.54) is 18.2 Å². The SMILES string of the molecule is O=C(Nc1ccc(Cl)cc1C(=O)c1ccccc1Cl)c1ccc(Cl)cc1Cl. The van der Waals surface area contributed by atoms with Gasteiger partial charge in [0.15, 0.2) is 5.78 Å². The molecule has 1 amide bonds. The summed E-state index contributed by atoms with van der Waals surface area (Å²) in [4.78, 5) is 25.5. The number of rotatable bonds is 4. The summed E-state index contributed by atoms with van der Waals surface area (Å²) in [6, 6.07) is 15.8. The molecule has 0 aliphatic rings. The number of carbonyl (C=O) groups is 2.